The molecule has 0 aliphatic carbocycles. The van der Waals surface area contributed by atoms with Crippen LogP contribution in [0.15, 0.2) is 95.9 Å². The maximum Gasteiger partial charge on any atom is 0.417 e. The quantitative estimate of drug-likeness (QED) is 0.0484. The molecular formula is C40H31BrCl2F6N6O5. The van der Waals surface area contributed by atoms with Crippen molar-refractivity contribution in [2.75, 3.05) is 17.2 Å². The number of aromatic nitrogens is 2. The van der Waals surface area contributed by atoms with Gasteiger partial charge in [-0.2, -0.15) is 26.3 Å². The van der Waals surface area contributed by atoms with Crippen LogP contribution in [0, 0.1) is 0 Å². The van der Waals surface area contributed by atoms with Crippen LogP contribution < -0.4 is 21.3 Å². The van der Waals surface area contributed by atoms with Gasteiger partial charge in [0, 0.05) is 51.8 Å². The predicted octanol–water partition coefficient (Wildman–Crippen LogP) is 9.96. The summed E-state index contributed by atoms with van der Waals surface area (Å²) in [4.78, 5) is 54.5. The van der Waals surface area contributed by atoms with Gasteiger partial charge in [0.25, 0.3) is 0 Å². The van der Waals surface area contributed by atoms with Gasteiger partial charge in [-0.25, -0.2) is 0 Å². The van der Waals surface area contributed by atoms with Crippen LogP contribution in [0.2, 0.25) is 10.0 Å². The minimum Gasteiger partial charge on any atom is -0.501 e. The largest absolute Gasteiger partial charge is 0.501 e. The van der Waals surface area contributed by atoms with E-state index in [1.54, 1.807) is 30.8 Å². The first-order chi connectivity index (χ1) is 28.3. The van der Waals surface area contributed by atoms with Crippen molar-refractivity contribution in [2.24, 2.45) is 0 Å². The number of fused-ring (bicyclic) bond motifs is 2. The molecule has 11 nitrogen and oxygen atoms in total. The van der Waals surface area contributed by atoms with E-state index >= 15 is 0 Å². The summed E-state index contributed by atoms with van der Waals surface area (Å²) in [7, 11) is 0. The number of amides is 4. The number of hydrogen-bond donors (Lipinski definition) is 6. The number of anilines is 2. The second kappa shape index (κ2) is 19.4. The molecule has 20 heteroatoms. The van der Waals surface area contributed by atoms with Crippen molar-refractivity contribution in [1.82, 2.24) is 20.6 Å². The molecule has 314 valence electrons. The first-order valence-electron chi connectivity index (χ1n) is 17.4. The van der Waals surface area contributed by atoms with Crippen molar-refractivity contribution in [2.45, 2.75) is 32.4 Å². The number of hydrogen-bond acceptors (Lipinski definition) is 5. The lowest BCUT2D eigenvalue weighted by Crippen LogP contribution is -2.34. The molecule has 6 rings (SSSR count). The molecule has 0 saturated heterocycles. The van der Waals surface area contributed by atoms with Crippen LogP contribution in [-0.2, 0) is 49.4 Å². The molecule has 0 spiro atoms. The molecule has 2 aromatic heterocycles. The highest BCUT2D eigenvalue weighted by Gasteiger charge is 2.34. The fraction of sp³-hybridized carbons (Fsp3) is 0.150. The SMILES string of the molecule is CCO/C=C/c1ccc2[nH]cc(NC(=O)C(=O)NCc3ccc(C(F)(F)F)c(Cl)c3)c2c1.O=C(NCc1ccc(C(F)(F)F)c(Cl)c1)C(=O)Nc1c[nH]c2ccc(Br)cc12. The second-order valence-electron chi connectivity index (χ2n) is 12.6. The van der Waals surface area contributed by atoms with Crippen molar-refractivity contribution in [3.8, 4) is 0 Å². The van der Waals surface area contributed by atoms with Crippen LogP contribution in [0.4, 0.5) is 37.7 Å². The van der Waals surface area contributed by atoms with Gasteiger partial charge in [0.15, 0.2) is 0 Å². The number of rotatable bonds is 9. The van der Waals surface area contributed by atoms with Crippen molar-refractivity contribution in [1.29, 1.82) is 0 Å². The molecule has 0 radical (unpaired) electrons. The number of aromatic amines is 2. The molecule has 4 aromatic carbocycles. The minimum atomic E-state index is -4.57. The van der Waals surface area contributed by atoms with Gasteiger partial charge in [0.05, 0.1) is 45.4 Å². The van der Waals surface area contributed by atoms with Crippen LogP contribution in [0.25, 0.3) is 27.9 Å². The third kappa shape index (κ3) is 11.8. The Morgan fingerprint density at radius 1 is 0.667 bits per heavy atom. The van der Waals surface area contributed by atoms with E-state index in [0.717, 1.165) is 45.3 Å². The van der Waals surface area contributed by atoms with E-state index in [9.17, 15) is 45.5 Å². The average Bonchev–Trinajstić information content (AvgIpc) is 3.77. The normalized spacial score (nSPS) is 11.6. The smallest absolute Gasteiger partial charge is 0.417 e. The molecule has 6 aromatic rings. The first-order valence-corrected chi connectivity index (χ1v) is 18.9. The first kappa shape index (κ1) is 45.1. The number of halogens is 9. The summed E-state index contributed by atoms with van der Waals surface area (Å²) >= 11 is 14.6. The molecule has 4 amide bonds. The average molecular weight is 941 g/mol. The van der Waals surface area contributed by atoms with E-state index in [4.69, 9.17) is 27.9 Å². The van der Waals surface area contributed by atoms with Crippen molar-refractivity contribution in [3.63, 3.8) is 0 Å². The van der Waals surface area contributed by atoms with E-state index in [-0.39, 0.29) is 13.1 Å². The number of alkyl halides is 6. The Labute approximate surface area is 355 Å². The molecule has 0 atom stereocenters. The van der Waals surface area contributed by atoms with Crippen LogP contribution in [0.1, 0.15) is 34.7 Å². The van der Waals surface area contributed by atoms with Crippen LogP contribution >= 0.6 is 39.1 Å². The summed E-state index contributed by atoms with van der Waals surface area (Å²) in [5.41, 5.74) is 1.92. The third-order valence-corrected chi connectivity index (χ3v) is 9.48. The summed E-state index contributed by atoms with van der Waals surface area (Å²) in [6.45, 7) is 2.09. The summed E-state index contributed by atoms with van der Waals surface area (Å²) in [6.07, 6.45) is -2.69. The highest BCUT2D eigenvalue weighted by Crippen LogP contribution is 2.36. The number of carbonyl (C=O) groups is 4. The Bertz CT molecular complexity index is 2590. The molecule has 0 bridgehead atoms. The van der Waals surface area contributed by atoms with Crippen LogP contribution in [0.3, 0.4) is 0 Å². The third-order valence-electron chi connectivity index (χ3n) is 8.37. The Balaban J connectivity index is 0.000000230. The minimum absolute atomic E-state index is 0.149. The Kier molecular flexibility index (Phi) is 14.6. The monoisotopic (exact) mass is 938 g/mol. The van der Waals surface area contributed by atoms with Gasteiger partial charge in [-0.3, -0.25) is 19.2 Å². The Morgan fingerprint density at radius 2 is 1.13 bits per heavy atom. The highest BCUT2D eigenvalue weighted by molar-refractivity contribution is 9.10. The van der Waals surface area contributed by atoms with Crippen LogP contribution in [0.5, 0.6) is 0 Å². The molecule has 2 heterocycles. The summed E-state index contributed by atoms with van der Waals surface area (Å²) in [5.74, 6) is -3.69. The maximum absolute atomic E-state index is 12.8. The van der Waals surface area contributed by atoms with Gasteiger partial charge in [-0.1, -0.05) is 57.3 Å². The van der Waals surface area contributed by atoms with Gasteiger partial charge >= 0.3 is 36.0 Å². The molecule has 60 heavy (non-hydrogen) atoms. The number of nitrogens with one attached hydrogen (secondary N) is 6. The van der Waals surface area contributed by atoms with E-state index in [0.29, 0.717) is 39.9 Å². The van der Waals surface area contributed by atoms with Gasteiger partial charge < -0.3 is 36.0 Å². The lowest BCUT2D eigenvalue weighted by Gasteiger charge is -2.11. The molecule has 0 aliphatic rings. The molecule has 0 unspecified atom stereocenters. The van der Waals surface area contributed by atoms with Gasteiger partial charge in [0.2, 0.25) is 0 Å². The standard InChI is InChI=1S/C22H19ClF3N3O3.C18H12BrClF3N3O2/c1-2-32-8-7-13-4-6-18-15(9-13)19(12-27-18)29-21(31)20(30)28-11-14-3-5-16(17(23)10-14)22(24,25)26;19-10-2-4-14-11(6-10)15(8-24-14)26-17(28)16(27)25-7-9-1-3-12(13(20)5-9)18(21,22)23/h3-10,12,27H,2,11H2,1H3,(H,28,30)(H,29,31);1-6,8,24H,7H2,(H,25,27)(H,26,28)/b8-7+;. The summed E-state index contributed by atoms with van der Waals surface area (Å²) in [6, 6.07) is 17.1. The van der Waals surface area contributed by atoms with Gasteiger partial charge in [-0.05, 0) is 84.3 Å². The molecule has 6 N–H and O–H groups in total. The number of carbonyl (C=O) groups excluding carboxylic acids is 4. The number of benzene rings is 4. The van der Waals surface area contributed by atoms with Crippen LogP contribution in [-0.4, -0.2) is 40.2 Å². The predicted molar refractivity (Wildman–Crippen MR) is 219 cm³/mol. The molecular weight excluding hydrogens is 909 g/mol. The molecule has 0 aliphatic heterocycles. The lowest BCUT2D eigenvalue weighted by atomic mass is 10.1. The fourth-order valence-electron chi connectivity index (χ4n) is 5.44. The van der Waals surface area contributed by atoms with Gasteiger partial charge in [-0.15, -0.1) is 0 Å². The molecule has 0 fully saturated rings. The zero-order chi connectivity index (χ0) is 43.8. The fourth-order valence-corrected chi connectivity index (χ4v) is 6.43. The van der Waals surface area contributed by atoms with Crippen molar-refractivity contribution >= 4 is 102 Å². The second-order valence-corrected chi connectivity index (χ2v) is 14.3. The lowest BCUT2D eigenvalue weighted by molar-refractivity contribution is -0.138. The highest BCUT2D eigenvalue weighted by atomic mass is 79.9. The van der Waals surface area contributed by atoms with Crippen molar-refractivity contribution in [3.05, 3.63) is 134 Å². The number of H-pyrrole nitrogens is 2. The van der Waals surface area contributed by atoms with Crippen molar-refractivity contribution < 1.29 is 50.3 Å². The summed E-state index contributed by atoms with van der Waals surface area (Å²) in [5, 5.41) is 10.2. The van der Waals surface area contributed by atoms with E-state index < -0.39 is 57.2 Å². The van der Waals surface area contributed by atoms with Gasteiger partial charge in [0.1, 0.15) is 0 Å². The number of ether oxygens (including phenoxy) is 1. The molecule has 0 saturated carbocycles. The zero-order valence-corrected chi connectivity index (χ0v) is 33.9. The van der Waals surface area contributed by atoms with E-state index in [2.05, 4.69) is 47.2 Å². The van der Waals surface area contributed by atoms with E-state index in [1.807, 2.05) is 37.3 Å². The van der Waals surface area contributed by atoms with E-state index in [1.165, 1.54) is 12.1 Å². The zero-order valence-electron chi connectivity index (χ0n) is 30.8. The Hall–Kier alpha value is -5.98. The Morgan fingerprint density at radius 3 is 1.58 bits per heavy atom. The summed E-state index contributed by atoms with van der Waals surface area (Å²) < 4.78 is 82.4. The maximum atomic E-state index is 12.8. The topological polar surface area (TPSA) is 157 Å².